The number of carbonyl (C=O) groups excluding carboxylic acids is 1. The summed E-state index contributed by atoms with van der Waals surface area (Å²) in [7, 11) is 0. The Morgan fingerprint density at radius 3 is 2.21 bits per heavy atom. The first-order valence-electron chi connectivity index (χ1n) is 5.05. The van der Waals surface area contributed by atoms with Gasteiger partial charge in [0, 0.05) is 11.6 Å². The molecule has 0 bridgehead atoms. The second kappa shape index (κ2) is 5.23. The van der Waals surface area contributed by atoms with Gasteiger partial charge >= 0.3 is 0 Å². The van der Waals surface area contributed by atoms with Crippen LogP contribution in [0.25, 0.3) is 0 Å². The van der Waals surface area contributed by atoms with E-state index < -0.39 is 28.8 Å². The molecule has 19 heavy (non-hydrogen) atoms. The largest absolute Gasteiger partial charge is 0.288 e. The van der Waals surface area contributed by atoms with E-state index in [4.69, 9.17) is 23.2 Å². The molecule has 0 aliphatic rings. The fourth-order valence-electron chi connectivity index (χ4n) is 1.52. The Labute approximate surface area is 116 Å². The van der Waals surface area contributed by atoms with Crippen molar-refractivity contribution in [1.29, 1.82) is 0 Å². The summed E-state index contributed by atoms with van der Waals surface area (Å²) >= 11 is 11.5. The summed E-state index contributed by atoms with van der Waals surface area (Å²) in [5, 5.41) is 0.0359. The van der Waals surface area contributed by atoms with Gasteiger partial charge in [-0.2, -0.15) is 0 Å². The molecule has 0 saturated heterocycles. The van der Waals surface area contributed by atoms with Crippen molar-refractivity contribution >= 4 is 29.0 Å². The Hall–Kier alpha value is -1.52. The number of rotatable bonds is 2. The van der Waals surface area contributed by atoms with Crippen LogP contribution in [-0.4, -0.2) is 5.78 Å². The quantitative estimate of drug-likeness (QED) is 0.583. The van der Waals surface area contributed by atoms with Crippen molar-refractivity contribution in [2.24, 2.45) is 0 Å². The van der Waals surface area contributed by atoms with Crippen molar-refractivity contribution in [2.75, 3.05) is 0 Å². The molecule has 0 aromatic heterocycles. The van der Waals surface area contributed by atoms with Gasteiger partial charge in [-0.05, 0) is 18.2 Å². The third-order valence-corrected chi connectivity index (χ3v) is 3.27. The summed E-state index contributed by atoms with van der Waals surface area (Å²) < 4.78 is 39.4. The van der Waals surface area contributed by atoms with E-state index in [1.807, 2.05) is 0 Å². The summed E-state index contributed by atoms with van der Waals surface area (Å²) in [4.78, 5) is 12.0. The molecule has 0 atom stereocenters. The Bertz CT molecular complexity index is 671. The molecule has 2 rings (SSSR count). The first-order valence-corrected chi connectivity index (χ1v) is 5.80. The van der Waals surface area contributed by atoms with Gasteiger partial charge in [0.25, 0.3) is 0 Å². The van der Waals surface area contributed by atoms with Crippen LogP contribution in [0.4, 0.5) is 13.2 Å². The van der Waals surface area contributed by atoms with Crippen molar-refractivity contribution < 1.29 is 18.0 Å². The van der Waals surface area contributed by atoms with Crippen LogP contribution in [-0.2, 0) is 0 Å². The number of hydrogen-bond donors (Lipinski definition) is 0. The molecule has 0 radical (unpaired) electrons. The van der Waals surface area contributed by atoms with E-state index in [1.54, 1.807) is 0 Å². The van der Waals surface area contributed by atoms with Gasteiger partial charge < -0.3 is 0 Å². The molecule has 2 aromatic rings. The second-order valence-electron chi connectivity index (χ2n) is 3.68. The number of halogens is 5. The van der Waals surface area contributed by atoms with E-state index >= 15 is 0 Å². The maximum atomic E-state index is 13.5. The monoisotopic (exact) mass is 304 g/mol. The zero-order chi connectivity index (χ0) is 14.2. The summed E-state index contributed by atoms with van der Waals surface area (Å²) in [5.74, 6) is -4.72. The number of carbonyl (C=O) groups is 1. The van der Waals surface area contributed by atoms with Crippen LogP contribution in [0.5, 0.6) is 0 Å². The van der Waals surface area contributed by atoms with Crippen molar-refractivity contribution in [2.45, 2.75) is 0 Å². The number of ketones is 1. The molecule has 0 unspecified atom stereocenters. The molecule has 0 aliphatic carbocycles. The normalized spacial score (nSPS) is 10.6. The highest BCUT2D eigenvalue weighted by atomic mass is 35.5. The minimum Gasteiger partial charge on any atom is -0.288 e. The van der Waals surface area contributed by atoms with Gasteiger partial charge in [0.2, 0.25) is 0 Å². The van der Waals surface area contributed by atoms with Gasteiger partial charge in [-0.1, -0.05) is 29.3 Å². The highest BCUT2D eigenvalue weighted by Gasteiger charge is 2.20. The summed E-state index contributed by atoms with van der Waals surface area (Å²) in [5.41, 5.74) is -0.692. The van der Waals surface area contributed by atoms with Crippen LogP contribution in [0.15, 0.2) is 30.3 Å². The fraction of sp³-hybridized carbons (Fsp3) is 0. The molecule has 0 aliphatic heterocycles. The fourth-order valence-corrected chi connectivity index (χ4v) is 1.91. The lowest BCUT2D eigenvalue weighted by Crippen LogP contribution is -2.07. The maximum Gasteiger partial charge on any atom is 0.197 e. The molecule has 1 nitrogen and oxygen atoms in total. The minimum absolute atomic E-state index is 0.0710. The van der Waals surface area contributed by atoms with Crippen molar-refractivity contribution in [3.8, 4) is 0 Å². The Balaban J connectivity index is 2.56. The lowest BCUT2D eigenvalue weighted by atomic mass is 10.0. The van der Waals surface area contributed by atoms with Crippen molar-refractivity contribution in [3.63, 3.8) is 0 Å². The second-order valence-corrected chi connectivity index (χ2v) is 4.46. The lowest BCUT2D eigenvalue weighted by Gasteiger charge is -2.06. The van der Waals surface area contributed by atoms with Gasteiger partial charge in [0.15, 0.2) is 17.4 Å². The van der Waals surface area contributed by atoms with E-state index in [9.17, 15) is 18.0 Å². The van der Waals surface area contributed by atoms with E-state index in [0.29, 0.717) is 12.1 Å². The number of hydrogen-bond acceptors (Lipinski definition) is 1. The van der Waals surface area contributed by atoms with Gasteiger partial charge in [-0.15, -0.1) is 0 Å². The van der Waals surface area contributed by atoms with Crippen LogP contribution in [0.1, 0.15) is 15.9 Å². The van der Waals surface area contributed by atoms with E-state index in [-0.39, 0.29) is 15.6 Å². The summed E-state index contributed by atoms with van der Waals surface area (Å²) in [6.07, 6.45) is 0. The number of benzene rings is 2. The zero-order valence-corrected chi connectivity index (χ0v) is 10.7. The third-order valence-electron chi connectivity index (χ3n) is 2.45. The first kappa shape index (κ1) is 13.9. The topological polar surface area (TPSA) is 17.1 Å². The SMILES string of the molecule is O=C(c1cc(F)c(F)cc1F)c1cccc(Cl)c1Cl. The van der Waals surface area contributed by atoms with Crippen molar-refractivity contribution in [3.05, 3.63) is 69.0 Å². The molecule has 0 saturated carbocycles. The van der Waals surface area contributed by atoms with Gasteiger partial charge in [-0.25, -0.2) is 13.2 Å². The molecular formula is C13H5Cl2F3O. The van der Waals surface area contributed by atoms with Crippen LogP contribution in [0.3, 0.4) is 0 Å². The van der Waals surface area contributed by atoms with Gasteiger partial charge in [0.05, 0.1) is 15.6 Å². The molecule has 0 N–H and O–H groups in total. The first-order chi connectivity index (χ1) is 8.91. The Kier molecular flexibility index (Phi) is 3.83. The van der Waals surface area contributed by atoms with E-state index in [1.165, 1.54) is 18.2 Å². The summed E-state index contributed by atoms with van der Waals surface area (Å²) in [6, 6.07) is 5.00. The highest BCUT2D eigenvalue weighted by molar-refractivity contribution is 6.44. The zero-order valence-electron chi connectivity index (χ0n) is 9.18. The minimum atomic E-state index is -1.37. The van der Waals surface area contributed by atoms with Crippen LogP contribution < -0.4 is 0 Å². The average molecular weight is 305 g/mol. The molecule has 98 valence electrons. The third kappa shape index (κ3) is 2.60. The van der Waals surface area contributed by atoms with Crippen LogP contribution >= 0.6 is 23.2 Å². The molecule has 0 fully saturated rings. The predicted octanol–water partition coefficient (Wildman–Crippen LogP) is 4.64. The smallest absolute Gasteiger partial charge is 0.197 e. The standard InChI is InChI=1S/C13H5Cl2F3O/c14-8-3-1-2-6(12(8)15)13(19)7-4-10(17)11(18)5-9(7)16/h1-5H. The summed E-state index contributed by atoms with van der Waals surface area (Å²) in [6.45, 7) is 0. The molecule has 0 heterocycles. The predicted molar refractivity (Wildman–Crippen MR) is 66.2 cm³/mol. The van der Waals surface area contributed by atoms with E-state index in [2.05, 4.69) is 0 Å². The Morgan fingerprint density at radius 2 is 1.53 bits per heavy atom. The Morgan fingerprint density at radius 1 is 0.895 bits per heavy atom. The van der Waals surface area contributed by atoms with Crippen molar-refractivity contribution in [1.82, 2.24) is 0 Å². The lowest BCUT2D eigenvalue weighted by molar-refractivity contribution is 0.103. The van der Waals surface area contributed by atoms with Crippen LogP contribution in [0, 0.1) is 17.5 Å². The van der Waals surface area contributed by atoms with Gasteiger partial charge in [0.1, 0.15) is 5.82 Å². The van der Waals surface area contributed by atoms with E-state index in [0.717, 1.165) is 0 Å². The molecular weight excluding hydrogens is 300 g/mol. The van der Waals surface area contributed by atoms with Gasteiger partial charge in [-0.3, -0.25) is 4.79 Å². The average Bonchev–Trinajstić information content (AvgIpc) is 2.36. The molecule has 0 spiro atoms. The molecule has 0 amide bonds. The van der Waals surface area contributed by atoms with Crippen LogP contribution in [0.2, 0.25) is 10.0 Å². The molecule has 6 heteroatoms. The molecule has 2 aromatic carbocycles. The highest BCUT2D eigenvalue weighted by Crippen LogP contribution is 2.28. The maximum absolute atomic E-state index is 13.5.